The summed E-state index contributed by atoms with van der Waals surface area (Å²) in [4.78, 5) is 0. The lowest BCUT2D eigenvalue weighted by molar-refractivity contribution is -0.00394. The molecule has 2 aliphatic carbocycles. The first-order valence-electron chi connectivity index (χ1n) is 12.4. The molecule has 0 amide bonds. The molecule has 2 saturated carbocycles. The van der Waals surface area contributed by atoms with Crippen molar-refractivity contribution in [2.75, 3.05) is 0 Å². The molecule has 2 aliphatic rings. The SMILES string of the molecule is CCC1CCC(C2CCC(OCc3ccc(-c4ccc(C)c(F)c4F)c(F)c3F)CC2)CC1. The third-order valence-electron chi connectivity index (χ3n) is 8.06. The van der Waals surface area contributed by atoms with Crippen molar-refractivity contribution >= 4 is 0 Å². The van der Waals surface area contributed by atoms with E-state index in [4.69, 9.17) is 4.74 Å². The minimum atomic E-state index is -1.18. The first kappa shape index (κ1) is 24.3. The van der Waals surface area contributed by atoms with Crippen molar-refractivity contribution in [1.82, 2.24) is 0 Å². The Kier molecular flexibility index (Phi) is 7.78. The van der Waals surface area contributed by atoms with Gasteiger partial charge in [0.2, 0.25) is 0 Å². The summed E-state index contributed by atoms with van der Waals surface area (Å²) in [5, 5.41) is 0. The maximum Gasteiger partial charge on any atom is 0.167 e. The first-order valence-corrected chi connectivity index (χ1v) is 12.4. The van der Waals surface area contributed by atoms with E-state index in [1.165, 1.54) is 63.3 Å². The highest BCUT2D eigenvalue weighted by Gasteiger charge is 2.31. The van der Waals surface area contributed by atoms with Gasteiger partial charge in [0, 0.05) is 16.7 Å². The van der Waals surface area contributed by atoms with Crippen LogP contribution in [0.25, 0.3) is 11.1 Å². The van der Waals surface area contributed by atoms with Crippen LogP contribution in [0.2, 0.25) is 0 Å². The van der Waals surface area contributed by atoms with E-state index in [-0.39, 0.29) is 35.0 Å². The van der Waals surface area contributed by atoms with Crippen LogP contribution in [-0.4, -0.2) is 6.10 Å². The zero-order valence-electron chi connectivity index (χ0n) is 19.6. The van der Waals surface area contributed by atoms with Crippen LogP contribution in [0.3, 0.4) is 0 Å². The van der Waals surface area contributed by atoms with Crippen LogP contribution in [0.15, 0.2) is 24.3 Å². The number of ether oxygens (including phenoxy) is 1. The third-order valence-corrected chi connectivity index (χ3v) is 8.06. The van der Waals surface area contributed by atoms with Crippen LogP contribution in [0, 0.1) is 47.9 Å². The van der Waals surface area contributed by atoms with Crippen LogP contribution in [0.4, 0.5) is 17.6 Å². The van der Waals surface area contributed by atoms with Gasteiger partial charge in [0.25, 0.3) is 0 Å². The zero-order chi connectivity index (χ0) is 23.5. The Bertz CT molecular complexity index is 957. The molecule has 2 aromatic carbocycles. The van der Waals surface area contributed by atoms with Gasteiger partial charge in [0.1, 0.15) is 0 Å². The second kappa shape index (κ2) is 10.6. The molecule has 33 heavy (non-hydrogen) atoms. The van der Waals surface area contributed by atoms with Crippen molar-refractivity contribution in [1.29, 1.82) is 0 Å². The molecular weight excluding hydrogens is 428 g/mol. The fraction of sp³-hybridized carbons (Fsp3) is 0.571. The van der Waals surface area contributed by atoms with Gasteiger partial charge in [-0.15, -0.1) is 0 Å². The quantitative estimate of drug-likeness (QED) is 0.391. The number of benzene rings is 2. The molecule has 0 N–H and O–H groups in total. The summed E-state index contributed by atoms with van der Waals surface area (Å²) in [5.41, 5.74) is -0.353. The molecule has 0 aliphatic heterocycles. The lowest BCUT2D eigenvalue weighted by Crippen LogP contribution is -2.28. The van der Waals surface area contributed by atoms with E-state index in [1.54, 1.807) is 0 Å². The van der Waals surface area contributed by atoms with Gasteiger partial charge in [-0.25, -0.2) is 17.6 Å². The highest BCUT2D eigenvalue weighted by Crippen LogP contribution is 2.41. The Morgan fingerprint density at radius 2 is 1.24 bits per heavy atom. The van der Waals surface area contributed by atoms with Crippen LogP contribution >= 0.6 is 0 Å². The standard InChI is InChI=1S/C28H34F4O/c1-3-18-5-7-19(8-6-18)20-9-12-22(13-10-20)33-16-21-11-15-24(28(32)26(21)30)23-14-4-17(2)25(29)27(23)31/h4,11,14-15,18-20,22H,3,5-10,12-13,16H2,1-2H3. The highest BCUT2D eigenvalue weighted by atomic mass is 19.2. The van der Waals surface area contributed by atoms with Crippen molar-refractivity contribution in [3.63, 3.8) is 0 Å². The molecule has 2 aromatic rings. The molecule has 1 nitrogen and oxygen atoms in total. The van der Waals surface area contributed by atoms with Crippen molar-refractivity contribution in [3.8, 4) is 11.1 Å². The molecular formula is C28H34F4O. The molecule has 0 spiro atoms. The number of hydrogen-bond acceptors (Lipinski definition) is 1. The summed E-state index contributed by atoms with van der Waals surface area (Å²) in [6.07, 6.45) is 10.9. The summed E-state index contributed by atoms with van der Waals surface area (Å²) in [6, 6.07) is 5.33. The predicted octanol–water partition coefficient (Wildman–Crippen LogP) is 8.51. The molecule has 0 aromatic heterocycles. The molecule has 0 saturated heterocycles. The van der Waals surface area contributed by atoms with E-state index in [9.17, 15) is 17.6 Å². The van der Waals surface area contributed by atoms with E-state index >= 15 is 0 Å². The van der Waals surface area contributed by atoms with Crippen molar-refractivity contribution in [2.45, 2.75) is 84.3 Å². The van der Waals surface area contributed by atoms with Gasteiger partial charge in [-0.2, -0.15) is 0 Å². The van der Waals surface area contributed by atoms with E-state index in [2.05, 4.69) is 6.92 Å². The molecule has 5 heteroatoms. The molecule has 0 heterocycles. The largest absolute Gasteiger partial charge is 0.373 e. The number of rotatable bonds is 6. The van der Waals surface area contributed by atoms with E-state index in [0.29, 0.717) is 0 Å². The van der Waals surface area contributed by atoms with Gasteiger partial charge in [0.15, 0.2) is 23.3 Å². The smallest absolute Gasteiger partial charge is 0.167 e. The molecule has 2 fully saturated rings. The van der Waals surface area contributed by atoms with Gasteiger partial charge in [-0.3, -0.25) is 0 Å². The molecule has 0 atom stereocenters. The lowest BCUT2D eigenvalue weighted by Gasteiger charge is -2.37. The van der Waals surface area contributed by atoms with Gasteiger partial charge in [-0.1, -0.05) is 50.5 Å². The maximum atomic E-state index is 14.7. The molecule has 0 radical (unpaired) electrons. The Hall–Kier alpha value is -1.88. The molecule has 4 rings (SSSR count). The van der Waals surface area contributed by atoms with E-state index in [1.807, 2.05) is 0 Å². The number of aryl methyl sites for hydroxylation is 1. The molecule has 180 valence electrons. The fourth-order valence-corrected chi connectivity index (χ4v) is 5.77. The van der Waals surface area contributed by atoms with Gasteiger partial charge < -0.3 is 4.74 Å². The van der Waals surface area contributed by atoms with Crippen LogP contribution in [-0.2, 0) is 11.3 Å². The second-order valence-electron chi connectivity index (χ2n) is 10.00. The summed E-state index contributed by atoms with van der Waals surface area (Å²) >= 11 is 0. The Morgan fingerprint density at radius 3 is 1.85 bits per heavy atom. The highest BCUT2D eigenvalue weighted by molar-refractivity contribution is 5.66. The first-order chi connectivity index (χ1) is 15.9. The summed E-state index contributed by atoms with van der Waals surface area (Å²) in [7, 11) is 0. The van der Waals surface area contributed by atoms with Crippen LogP contribution in [0.1, 0.15) is 75.8 Å². The molecule has 0 unspecified atom stereocenters. The van der Waals surface area contributed by atoms with Gasteiger partial charge in [-0.05, 0) is 68.8 Å². The topological polar surface area (TPSA) is 9.23 Å². The monoisotopic (exact) mass is 462 g/mol. The minimum absolute atomic E-state index is 0.0231. The second-order valence-corrected chi connectivity index (χ2v) is 10.00. The Labute approximate surface area is 194 Å². The van der Waals surface area contributed by atoms with Gasteiger partial charge >= 0.3 is 0 Å². The van der Waals surface area contributed by atoms with E-state index < -0.39 is 23.3 Å². The predicted molar refractivity (Wildman–Crippen MR) is 123 cm³/mol. The average Bonchev–Trinajstić information content (AvgIpc) is 2.84. The number of halogens is 4. The van der Waals surface area contributed by atoms with Crippen LogP contribution < -0.4 is 0 Å². The van der Waals surface area contributed by atoms with Crippen molar-refractivity contribution in [3.05, 3.63) is 58.7 Å². The fourth-order valence-electron chi connectivity index (χ4n) is 5.77. The van der Waals surface area contributed by atoms with Crippen LogP contribution in [0.5, 0.6) is 0 Å². The van der Waals surface area contributed by atoms with Crippen molar-refractivity contribution in [2.24, 2.45) is 17.8 Å². The van der Waals surface area contributed by atoms with Crippen molar-refractivity contribution < 1.29 is 22.3 Å². The summed E-state index contributed by atoms with van der Waals surface area (Å²) in [5.74, 6) is -1.95. The van der Waals surface area contributed by atoms with E-state index in [0.717, 1.165) is 43.4 Å². The van der Waals surface area contributed by atoms with Gasteiger partial charge in [0.05, 0.1) is 12.7 Å². The minimum Gasteiger partial charge on any atom is -0.373 e. The zero-order valence-corrected chi connectivity index (χ0v) is 19.6. The lowest BCUT2D eigenvalue weighted by atomic mass is 9.70. The molecule has 0 bridgehead atoms. The maximum absolute atomic E-state index is 14.7. The summed E-state index contributed by atoms with van der Waals surface area (Å²) in [6.45, 7) is 3.69. The summed E-state index contributed by atoms with van der Waals surface area (Å²) < 4.78 is 63.5. The Morgan fingerprint density at radius 1 is 0.697 bits per heavy atom. The number of hydrogen-bond donors (Lipinski definition) is 0. The Balaban J connectivity index is 1.33. The normalized spacial score (nSPS) is 25.9. The third kappa shape index (κ3) is 5.29. The average molecular weight is 463 g/mol.